The Morgan fingerprint density at radius 1 is 1.24 bits per heavy atom. The van der Waals surface area contributed by atoms with Crippen LogP contribution in [-0.4, -0.2) is 44.6 Å². The van der Waals surface area contributed by atoms with Gasteiger partial charge in [0, 0.05) is 12.3 Å². The number of carbonyl (C=O) groups is 2. The Hall–Kier alpha value is -2.23. The minimum Gasteiger partial charge on any atom is -0.427 e. The van der Waals surface area contributed by atoms with Gasteiger partial charge in [0.25, 0.3) is 5.91 Å². The Morgan fingerprint density at radius 3 is 2.79 bits per heavy atom. The van der Waals surface area contributed by atoms with Crippen LogP contribution in [0.3, 0.4) is 0 Å². The van der Waals surface area contributed by atoms with Crippen molar-refractivity contribution < 1.29 is 14.3 Å². The average molecular weight is 446 g/mol. The van der Waals surface area contributed by atoms with E-state index in [9.17, 15) is 9.59 Å². The van der Waals surface area contributed by atoms with Crippen LogP contribution < -0.4 is 0 Å². The number of esters is 1. The molecular weight excluding hydrogens is 426 g/mol. The van der Waals surface area contributed by atoms with Gasteiger partial charge < -0.3 is 4.74 Å². The molecule has 4 rings (SSSR count). The fourth-order valence-corrected chi connectivity index (χ4v) is 5.71. The molecule has 0 N–H and O–H groups in total. The van der Waals surface area contributed by atoms with E-state index in [2.05, 4.69) is 9.97 Å². The van der Waals surface area contributed by atoms with Crippen molar-refractivity contribution in [2.45, 2.75) is 26.3 Å². The Morgan fingerprint density at radius 2 is 2.07 bits per heavy atom. The Labute approximate surface area is 180 Å². The van der Waals surface area contributed by atoms with Crippen LogP contribution in [0.15, 0.2) is 29.8 Å². The van der Waals surface area contributed by atoms with E-state index in [0.717, 1.165) is 21.0 Å². The summed E-state index contributed by atoms with van der Waals surface area (Å²) in [5.74, 6) is 0.0408. The van der Waals surface area contributed by atoms with Crippen LogP contribution in [0.1, 0.15) is 36.4 Å². The third-order valence-corrected chi connectivity index (χ3v) is 7.45. The first-order valence-corrected chi connectivity index (χ1v) is 11.8. The summed E-state index contributed by atoms with van der Waals surface area (Å²) in [4.78, 5) is 37.3. The zero-order valence-corrected chi connectivity index (χ0v) is 18.6. The Bertz CT molecular complexity index is 1080. The third kappa shape index (κ3) is 4.08. The highest BCUT2D eigenvalue weighted by Gasteiger charge is 2.36. The molecule has 1 aromatic carbocycles. The molecule has 1 amide bonds. The van der Waals surface area contributed by atoms with Crippen LogP contribution >= 0.6 is 34.4 Å². The van der Waals surface area contributed by atoms with E-state index in [1.165, 1.54) is 34.4 Å². The molecule has 3 heterocycles. The highest BCUT2D eigenvalue weighted by atomic mass is 32.2. The molecule has 1 aliphatic rings. The lowest BCUT2D eigenvalue weighted by atomic mass is 10.1. The second-order valence-electron chi connectivity index (χ2n) is 6.63. The van der Waals surface area contributed by atoms with E-state index in [1.54, 1.807) is 17.3 Å². The van der Waals surface area contributed by atoms with Crippen molar-refractivity contribution in [2.24, 2.45) is 0 Å². The second kappa shape index (κ2) is 8.25. The van der Waals surface area contributed by atoms with Crippen molar-refractivity contribution in [2.75, 3.05) is 12.3 Å². The number of aryl methyl sites for hydroxylation is 3. The molecule has 1 fully saturated rings. The summed E-state index contributed by atoms with van der Waals surface area (Å²) >= 11 is 4.18. The van der Waals surface area contributed by atoms with E-state index < -0.39 is 11.5 Å². The summed E-state index contributed by atoms with van der Waals surface area (Å²) in [6, 6.07) is 8.03. The summed E-state index contributed by atoms with van der Waals surface area (Å²) in [5, 5.41) is 0.825. The minimum atomic E-state index is -0.663. The largest absolute Gasteiger partial charge is 0.427 e. The molecule has 1 unspecified atom stereocenters. The van der Waals surface area contributed by atoms with Crippen LogP contribution in [-0.2, 0) is 4.74 Å². The van der Waals surface area contributed by atoms with Gasteiger partial charge in [-0.2, -0.15) is 0 Å². The van der Waals surface area contributed by atoms with Crippen LogP contribution in [0.4, 0.5) is 0 Å². The number of thioether (sulfide) groups is 1. The van der Waals surface area contributed by atoms with Gasteiger partial charge in [0.1, 0.15) is 10.6 Å². The van der Waals surface area contributed by atoms with E-state index in [1.807, 2.05) is 38.1 Å². The van der Waals surface area contributed by atoms with Crippen LogP contribution in [0, 0.1) is 20.8 Å². The lowest BCUT2D eigenvalue weighted by molar-refractivity contribution is 0.0146. The lowest BCUT2D eigenvalue weighted by Gasteiger charge is -2.23. The topological polar surface area (TPSA) is 72.4 Å². The molecule has 1 atom stereocenters. The van der Waals surface area contributed by atoms with E-state index in [4.69, 9.17) is 4.74 Å². The summed E-state index contributed by atoms with van der Waals surface area (Å²) in [5.41, 5.74) is 4.09. The quantitative estimate of drug-likeness (QED) is 0.550. The standard InChI is InChI=1S/C20H19N3O3S3/c1-11-5-4-6-14(9-11)17-15(22-13(3)29-17)18(24)23-7-8-27-20(23)26-19(25)16-12(2)21-10-28-16/h4-6,9-10,20H,7-8H2,1-3H3. The van der Waals surface area contributed by atoms with Gasteiger partial charge in [-0.1, -0.05) is 41.6 Å². The molecule has 0 aliphatic carbocycles. The van der Waals surface area contributed by atoms with Crippen LogP contribution in [0.2, 0.25) is 0 Å². The highest BCUT2D eigenvalue weighted by Crippen LogP contribution is 2.34. The van der Waals surface area contributed by atoms with Gasteiger partial charge in [-0.15, -0.1) is 22.7 Å². The number of hydrogen-bond acceptors (Lipinski definition) is 8. The molecule has 1 saturated heterocycles. The summed E-state index contributed by atoms with van der Waals surface area (Å²) in [7, 11) is 0. The van der Waals surface area contributed by atoms with Crippen LogP contribution in [0.5, 0.6) is 0 Å². The van der Waals surface area contributed by atoms with Crippen molar-refractivity contribution in [3.05, 3.63) is 56.6 Å². The monoisotopic (exact) mass is 445 g/mol. The Kier molecular flexibility index (Phi) is 5.71. The fraction of sp³-hybridized carbons (Fsp3) is 0.300. The first-order chi connectivity index (χ1) is 13.9. The predicted molar refractivity (Wildman–Crippen MR) is 117 cm³/mol. The van der Waals surface area contributed by atoms with Crippen molar-refractivity contribution in [3.8, 4) is 10.4 Å². The summed E-state index contributed by atoms with van der Waals surface area (Å²) in [6.07, 6.45) is 0. The smallest absolute Gasteiger partial charge is 0.352 e. The number of hydrogen-bond donors (Lipinski definition) is 0. The van der Waals surface area contributed by atoms with Gasteiger partial charge in [-0.3, -0.25) is 9.69 Å². The van der Waals surface area contributed by atoms with Crippen molar-refractivity contribution >= 4 is 46.3 Å². The number of amides is 1. The zero-order chi connectivity index (χ0) is 20.5. The van der Waals surface area contributed by atoms with E-state index in [-0.39, 0.29) is 5.91 Å². The molecule has 9 heteroatoms. The molecule has 150 valence electrons. The molecule has 0 bridgehead atoms. The number of nitrogens with zero attached hydrogens (tertiary/aromatic N) is 3. The van der Waals surface area contributed by atoms with Crippen LogP contribution in [0.25, 0.3) is 10.4 Å². The van der Waals surface area contributed by atoms with Gasteiger partial charge in [-0.25, -0.2) is 14.8 Å². The maximum Gasteiger partial charge on any atom is 0.352 e. The number of ether oxygens (including phenoxy) is 1. The lowest BCUT2D eigenvalue weighted by Crippen LogP contribution is -2.38. The predicted octanol–water partition coefficient (Wildman–Crippen LogP) is 4.52. The second-order valence-corrected chi connectivity index (χ2v) is 9.83. The molecule has 6 nitrogen and oxygen atoms in total. The number of thiazole rings is 2. The summed E-state index contributed by atoms with van der Waals surface area (Å²) < 4.78 is 5.64. The average Bonchev–Trinajstić information content (AvgIpc) is 3.41. The molecule has 0 spiro atoms. The van der Waals surface area contributed by atoms with Crippen molar-refractivity contribution in [1.82, 2.24) is 14.9 Å². The van der Waals surface area contributed by atoms with Crippen molar-refractivity contribution in [3.63, 3.8) is 0 Å². The molecular formula is C20H19N3O3S3. The first kappa shape index (κ1) is 20.1. The first-order valence-electron chi connectivity index (χ1n) is 9.02. The summed E-state index contributed by atoms with van der Waals surface area (Å²) in [6.45, 7) is 6.19. The van der Waals surface area contributed by atoms with E-state index in [0.29, 0.717) is 28.6 Å². The van der Waals surface area contributed by atoms with Gasteiger partial charge >= 0.3 is 5.97 Å². The van der Waals surface area contributed by atoms with Gasteiger partial charge in [0.2, 0.25) is 5.56 Å². The zero-order valence-electron chi connectivity index (χ0n) is 16.2. The molecule has 29 heavy (non-hydrogen) atoms. The van der Waals surface area contributed by atoms with Gasteiger partial charge in [-0.05, 0) is 26.3 Å². The molecule has 2 aromatic heterocycles. The van der Waals surface area contributed by atoms with Gasteiger partial charge in [0.05, 0.1) is 21.1 Å². The third-order valence-electron chi connectivity index (χ3n) is 4.46. The normalized spacial score (nSPS) is 16.2. The van der Waals surface area contributed by atoms with Crippen molar-refractivity contribution in [1.29, 1.82) is 0 Å². The highest BCUT2D eigenvalue weighted by molar-refractivity contribution is 8.00. The minimum absolute atomic E-state index is 0.213. The number of benzene rings is 1. The molecule has 0 saturated carbocycles. The number of aromatic nitrogens is 2. The molecule has 1 aliphatic heterocycles. The maximum atomic E-state index is 13.3. The maximum absolute atomic E-state index is 13.3. The molecule has 0 radical (unpaired) electrons. The fourth-order valence-electron chi connectivity index (χ4n) is 3.08. The van der Waals surface area contributed by atoms with Gasteiger partial charge in [0.15, 0.2) is 0 Å². The number of carbonyl (C=O) groups excluding carboxylic acids is 2. The molecule has 3 aromatic rings. The number of rotatable bonds is 4. The Balaban J connectivity index is 1.59. The van der Waals surface area contributed by atoms with E-state index >= 15 is 0 Å². The SMILES string of the molecule is Cc1cccc(-c2sc(C)nc2C(=O)N2CCSC2OC(=O)c2scnc2C)c1.